The Morgan fingerprint density at radius 2 is 0.378 bits per heavy atom. The SMILES string of the molecule is FC(F)(F)C(F)(F)C(F)(F)C(F)(F)C(F)(F)C(F)(F)C(F)(F)C(F)(F)C(F)(F)COCc1ccc(-c2ccc(COCC(F)(F)C(F)(F)C(F)(F)C(F)(F)C(F)(F)C(F)(F)C(F)(F)C(F)(F)C(F)(F)F)cc2)cc1. The van der Waals surface area contributed by atoms with Gasteiger partial charge in [0.1, 0.15) is 13.2 Å². The summed E-state index contributed by atoms with van der Waals surface area (Å²) < 4.78 is 521. The second-order valence-corrected chi connectivity index (χ2v) is 14.8. The largest absolute Gasteiger partial charge is 0.460 e. The topological polar surface area (TPSA) is 18.5 Å². The number of ether oxygens (including phenoxy) is 2. The molecule has 0 saturated carbocycles. The Morgan fingerprint density at radius 3 is 0.554 bits per heavy atom. The summed E-state index contributed by atoms with van der Waals surface area (Å²) in [7, 11) is 0. The van der Waals surface area contributed by atoms with E-state index in [4.69, 9.17) is 0 Å². The molecule has 0 aliphatic rings. The van der Waals surface area contributed by atoms with E-state index in [-0.39, 0.29) is 11.1 Å². The van der Waals surface area contributed by atoms with Gasteiger partial charge in [-0.1, -0.05) is 48.5 Å². The van der Waals surface area contributed by atoms with Crippen LogP contribution in [0.1, 0.15) is 11.1 Å². The fourth-order valence-corrected chi connectivity index (χ4v) is 5.15. The van der Waals surface area contributed by atoms with Crippen LogP contribution in [-0.4, -0.2) is 120 Å². The van der Waals surface area contributed by atoms with E-state index in [0.29, 0.717) is 24.3 Å². The van der Waals surface area contributed by atoms with Crippen LogP contribution in [0.4, 0.5) is 167 Å². The minimum absolute atomic E-state index is 0.159. The molecule has 0 saturated heterocycles. The summed E-state index contributed by atoms with van der Waals surface area (Å²) in [4.78, 5) is 0. The average molecular weight is 1180 g/mol. The summed E-state index contributed by atoms with van der Waals surface area (Å²) in [5.41, 5.74) is -1.50. The normalized spacial score (nSPS) is 16.0. The average Bonchev–Trinajstić information content (AvgIpc) is 3.22. The van der Waals surface area contributed by atoms with Gasteiger partial charge < -0.3 is 9.47 Å². The lowest BCUT2D eigenvalue weighted by Crippen LogP contribution is -2.76. The first-order valence-electron chi connectivity index (χ1n) is 17.6. The highest BCUT2D eigenvalue weighted by Gasteiger charge is 2.98. The zero-order valence-electron chi connectivity index (χ0n) is 33.6. The molecule has 2 aromatic rings. The Balaban J connectivity index is 2.22. The van der Waals surface area contributed by atoms with Gasteiger partial charge in [0.2, 0.25) is 0 Å². The number of hydrogen-bond donors (Lipinski definition) is 0. The third-order valence-electron chi connectivity index (χ3n) is 9.71. The minimum Gasteiger partial charge on any atom is -0.370 e. The molecule has 74 heavy (non-hydrogen) atoms. The van der Waals surface area contributed by atoms with E-state index >= 15 is 0 Å². The van der Waals surface area contributed by atoms with E-state index in [2.05, 4.69) is 9.47 Å². The number of rotatable bonds is 23. The van der Waals surface area contributed by atoms with Gasteiger partial charge in [-0.25, -0.2) is 0 Å². The summed E-state index contributed by atoms with van der Waals surface area (Å²) in [6.45, 7) is -9.85. The Morgan fingerprint density at radius 1 is 0.216 bits per heavy atom. The fourth-order valence-electron chi connectivity index (χ4n) is 5.15. The lowest BCUT2D eigenvalue weighted by molar-refractivity contribution is -0.469. The van der Waals surface area contributed by atoms with E-state index < -0.39 is 145 Å². The van der Waals surface area contributed by atoms with Crippen molar-refractivity contribution >= 4 is 0 Å². The number of halogens is 38. The standard InChI is InChI=1S/C34H16F38O2/c35-17(36,19(39,40)21(43,44)23(47,48)25(51,52)27(55,56)29(59,60)31(63,64)33(67,68)69)11-73-9-13-1-5-15(6-2-13)16-7-3-14(4-8-16)10-74-12-18(37,38)20(41,42)22(45,46)24(49,50)26(53,54)28(57,58)30(61,62)32(65,66)34(70,71)72/h1-8H,9-12H2. The first kappa shape index (κ1) is 65.8. The molecule has 0 heterocycles. The summed E-state index contributed by atoms with van der Waals surface area (Å²) in [6, 6.07) is 5.94. The van der Waals surface area contributed by atoms with Crippen LogP contribution >= 0.6 is 0 Å². The quantitative estimate of drug-likeness (QED) is 0.103. The Kier molecular flexibility index (Phi) is 16.6. The van der Waals surface area contributed by atoms with Crippen molar-refractivity contribution in [1.82, 2.24) is 0 Å². The van der Waals surface area contributed by atoms with Crippen molar-refractivity contribution in [2.75, 3.05) is 13.2 Å². The van der Waals surface area contributed by atoms with Gasteiger partial charge in [-0.2, -0.15) is 167 Å². The zero-order chi connectivity index (χ0) is 59.2. The molecular weight excluding hydrogens is 1160 g/mol. The van der Waals surface area contributed by atoms with Crippen molar-refractivity contribution in [3.63, 3.8) is 0 Å². The molecule has 2 rings (SSSR count). The minimum atomic E-state index is -9.16. The molecule has 0 unspecified atom stereocenters. The zero-order valence-corrected chi connectivity index (χ0v) is 33.6. The lowest BCUT2D eigenvalue weighted by Gasteiger charge is -2.43. The smallest absolute Gasteiger partial charge is 0.370 e. The molecule has 2 aromatic carbocycles. The van der Waals surface area contributed by atoms with Crippen molar-refractivity contribution in [2.24, 2.45) is 0 Å². The van der Waals surface area contributed by atoms with Crippen LogP contribution < -0.4 is 0 Å². The molecule has 0 aliphatic heterocycles. The van der Waals surface area contributed by atoms with Gasteiger partial charge in [0.25, 0.3) is 0 Å². The predicted octanol–water partition coefficient (Wildman–Crippen LogP) is 15.7. The maximum absolute atomic E-state index is 14.2. The van der Waals surface area contributed by atoms with Crippen molar-refractivity contribution in [3.8, 4) is 11.1 Å². The number of alkyl halides is 38. The highest BCUT2D eigenvalue weighted by atomic mass is 19.4. The van der Waals surface area contributed by atoms with Gasteiger partial charge in [0, 0.05) is 0 Å². The molecule has 2 nitrogen and oxygen atoms in total. The first-order chi connectivity index (χ1) is 32.1. The highest BCUT2D eigenvalue weighted by molar-refractivity contribution is 5.64. The highest BCUT2D eigenvalue weighted by Crippen LogP contribution is 2.67. The molecule has 40 heteroatoms. The van der Waals surface area contributed by atoms with Crippen molar-refractivity contribution < 1.29 is 176 Å². The Labute approximate surface area is 381 Å². The second kappa shape index (κ2) is 18.7. The van der Waals surface area contributed by atoms with E-state index in [9.17, 15) is 167 Å². The molecule has 0 N–H and O–H groups in total. The fraction of sp³-hybridized carbons (Fsp3) is 0.647. The molecule has 0 aliphatic carbocycles. The number of benzene rings is 2. The van der Waals surface area contributed by atoms with E-state index in [1.807, 2.05) is 0 Å². The summed E-state index contributed by atoms with van der Waals surface area (Å²) in [5, 5.41) is 0. The third kappa shape index (κ3) is 9.54. The summed E-state index contributed by atoms with van der Waals surface area (Å²) in [6.07, 6.45) is -16.1. The van der Waals surface area contributed by atoms with Crippen LogP contribution in [0.25, 0.3) is 11.1 Å². The van der Waals surface area contributed by atoms with Crippen LogP contribution in [-0.2, 0) is 22.7 Å². The van der Waals surface area contributed by atoms with Crippen LogP contribution in [0.5, 0.6) is 0 Å². The van der Waals surface area contributed by atoms with Gasteiger partial charge in [0.15, 0.2) is 0 Å². The Hall–Kier alpha value is -4.30. The van der Waals surface area contributed by atoms with Crippen molar-refractivity contribution in [3.05, 3.63) is 59.7 Å². The molecule has 0 bridgehead atoms. The molecule has 0 spiro atoms. The summed E-state index contributed by atoms with van der Waals surface area (Å²) >= 11 is 0. The maximum atomic E-state index is 14.2. The van der Waals surface area contributed by atoms with E-state index in [1.165, 1.54) is 0 Å². The van der Waals surface area contributed by atoms with Crippen LogP contribution in [0.2, 0.25) is 0 Å². The van der Waals surface area contributed by atoms with Gasteiger partial charge >= 0.3 is 107 Å². The van der Waals surface area contributed by atoms with E-state index in [1.54, 1.807) is 0 Å². The predicted molar refractivity (Wildman–Crippen MR) is 162 cm³/mol. The first-order valence-corrected chi connectivity index (χ1v) is 17.6. The molecular formula is C34H16F38O2. The van der Waals surface area contributed by atoms with Crippen LogP contribution in [0.15, 0.2) is 48.5 Å². The lowest BCUT2D eigenvalue weighted by atomic mass is 9.87. The molecule has 430 valence electrons. The second-order valence-electron chi connectivity index (χ2n) is 14.8. The molecule has 0 amide bonds. The maximum Gasteiger partial charge on any atom is 0.460 e. The number of hydrogen-bond acceptors (Lipinski definition) is 2. The van der Waals surface area contributed by atoms with Gasteiger partial charge in [-0.15, -0.1) is 0 Å². The van der Waals surface area contributed by atoms with E-state index in [0.717, 1.165) is 24.3 Å². The molecule has 0 radical (unpaired) electrons. The monoisotopic (exact) mass is 1180 g/mol. The third-order valence-corrected chi connectivity index (χ3v) is 9.71. The van der Waals surface area contributed by atoms with Crippen molar-refractivity contribution in [2.45, 2.75) is 120 Å². The summed E-state index contributed by atoms with van der Waals surface area (Å²) in [5.74, 6) is -137. The molecule has 0 aromatic heterocycles. The van der Waals surface area contributed by atoms with Crippen molar-refractivity contribution in [1.29, 1.82) is 0 Å². The van der Waals surface area contributed by atoms with Crippen LogP contribution in [0.3, 0.4) is 0 Å². The van der Waals surface area contributed by atoms with Gasteiger partial charge in [-0.05, 0) is 22.3 Å². The van der Waals surface area contributed by atoms with Gasteiger partial charge in [-0.3, -0.25) is 0 Å². The van der Waals surface area contributed by atoms with Gasteiger partial charge in [0.05, 0.1) is 13.2 Å². The van der Waals surface area contributed by atoms with Crippen LogP contribution in [0, 0.1) is 0 Å². The Bertz CT molecular complexity index is 2080. The molecule has 0 atom stereocenters. The molecule has 0 fully saturated rings.